The van der Waals surface area contributed by atoms with E-state index >= 15 is 0 Å². The third-order valence-electron chi connectivity index (χ3n) is 4.77. The molecule has 3 aromatic rings. The standard InChI is InChI=1S/C19H23N3O5S/c1-12-9-17(14(3)22(12)10-16-7-6-8-26-16)18(23)11-21(5)28(24,25)19-13(2)20-27-15(19)4/h6-9H,10-11H2,1-5H3. The van der Waals surface area contributed by atoms with Crippen LogP contribution in [0.3, 0.4) is 0 Å². The van der Waals surface area contributed by atoms with Gasteiger partial charge in [0.2, 0.25) is 10.0 Å². The summed E-state index contributed by atoms with van der Waals surface area (Å²) in [6.07, 6.45) is 1.60. The highest BCUT2D eigenvalue weighted by Crippen LogP contribution is 2.23. The van der Waals surface area contributed by atoms with Gasteiger partial charge in [0.1, 0.15) is 16.3 Å². The van der Waals surface area contributed by atoms with E-state index in [0.717, 1.165) is 21.5 Å². The molecule has 0 aliphatic carbocycles. The Hall–Kier alpha value is -2.65. The number of furan rings is 1. The predicted molar refractivity (Wildman–Crippen MR) is 102 cm³/mol. The van der Waals surface area contributed by atoms with Gasteiger partial charge in [0.25, 0.3) is 0 Å². The normalized spacial score (nSPS) is 12.1. The van der Waals surface area contributed by atoms with E-state index in [-0.39, 0.29) is 28.7 Å². The van der Waals surface area contributed by atoms with Gasteiger partial charge in [0, 0.05) is 24.0 Å². The Morgan fingerprint density at radius 2 is 1.96 bits per heavy atom. The average Bonchev–Trinajstić information content (AvgIpc) is 3.31. The molecule has 0 saturated heterocycles. The molecule has 0 fully saturated rings. The van der Waals surface area contributed by atoms with Crippen LogP contribution in [0.4, 0.5) is 0 Å². The van der Waals surface area contributed by atoms with E-state index < -0.39 is 10.0 Å². The predicted octanol–water partition coefficient (Wildman–Crippen LogP) is 2.85. The molecule has 0 N–H and O–H groups in total. The van der Waals surface area contributed by atoms with E-state index in [1.54, 1.807) is 19.3 Å². The van der Waals surface area contributed by atoms with Gasteiger partial charge in [-0.05, 0) is 45.9 Å². The van der Waals surface area contributed by atoms with Gasteiger partial charge in [-0.15, -0.1) is 0 Å². The number of nitrogens with zero attached hydrogens (tertiary/aromatic N) is 3. The monoisotopic (exact) mass is 405 g/mol. The number of aromatic nitrogens is 2. The molecule has 28 heavy (non-hydrogen) atoms. The van der Waals surface area contributed by atoms with Gasteiger partial charge in [-0.2, -0.15) is 4.31 Å². The maximum Gasteiger partial charge on any atom is 0.248 e. The van der Waals surface area contributed by atoms with E-state index in [2.05, 4.69) is 5.16 Å². The fourth-order valence-electron chi connectivity index (χ4n) is 3.26. The lowest BCUT2D eigenvalue weighted by atomic mass is 10.1. The van der Waals surface area contributed by atoms with Crippen molar-refractivity contribution in [1.82, 2.24) is 14.0 Å². The molecule has 0 radical (unpaired) electrons. The zero-order valence-corrected chi connectivity index (χ0v) is 17.3. The van der Waals surface area contributed by atoms with E-state index in [1.165, 1.54) is 14.0 Å². The van der Waals surface area contributed by atoms with Crippen molar-refractivity contribution in [3.05, 3.63) is 58.6 Å². The van der Waals surface area contributed by atoms with E-state index in [9.17, 15) is 13.2 Å². The first-order valence-corrected chi connectivity index (χ1v) is 10.2. The molecule has 150 valence electrons. The maximum atomic E-state index is 12.8. The number of sulfonamides is 1. The van der Waals surface area contributed by atoms with Gasteiger partial charge in [-0.25, -0.2) is 8.42 Å². The summed E-state index contributed by atoms with van der Waals surface area (Å²) in [5.74, 6) is 0.698. The third-order valence-corrected chi connectivity index (χ3v) is 6.82. The number of hydrogen-bond donors (Lipinski definition) is 0. The highest BCUT2D eigenvalue weighted by molar-refractivity contribution is 7.89. The molecule has 3 aromatic heterocycles. The highest BCUT2D eigenvalue weighted by atomic mass is 32.2. The highest BCUT2D eigenvalue weighted by Gasteiger charge is 2.30. The molecule has 0 aliphatic rings. The second-order valence-electron chi connectivity index (χ2n) is 6.79. The van der Waals surface area contributed by atoms with Crippen molar-refractivity contribution in [3.8, 4) is 0 Å². The quantitative estimate of drug-likeness (QED) is 0.561. The molecule has 0 saturated carbocycles. The minimum absolute atomic E-state index is 0.00564. The molecule has 0 amide bonds. The Morgan fingerprint density at radius 3 is 2.54 bits per heavy atom. The molecule has 0 bridgehead atoms. The molecular formula is C19H23N3O5S. The van der Waals surface area contributed by atoms with Gasteiger partial charge in [-0.3, -0.25) is 4.79 Å². The SMILES string of the molecule is Cc1noc(C)c1S(=O)(=O)N(C)CC(=O)c1cc(C)n(Cc2ccco2)c1C. The van der Waals surface area contributed by atoms with E-state index in [1.807, 2.05) is 30.5 Å². The fourth-order valence-corrected chi connectivity index (χ4v) is 4.67. The van der Waals surface area contributed by atoms with Crippen LogP contribution in [0.5, 0.6) is 0 Å². The number of aryl methyl sites for hydroxylation is 3. The number of Topliss-reactive ketones (excluding diaryl/α,β-unsaturated/α-hetero) is 1. The van der Waals surface area contributed by atoms with Crippen molar-refractivity contribution in [3.63, 3.8) is 0 Å². The van der Waals surface area contributed by atoms with Crippen LogP contribution in [-0.2, 0) is 16.6 Å². The third kappa shape index (κ3) is 3.55. The first kappa shape index (κ1) is 20.1. The zero-order valence-electron chi connectivity index (χ0n) is 16.5. The van der Waals surface area contributed by atoms with Gasteiger partial charge in [0.15, 0.2) is 11.5 Å². The van der Waals surface area contributed by atoms with Crippen LogP contribution in [0.15, 0.2) is 38.3 Å². The lowest BCUT2D eigenvalue weighted by Crippen LogP contribution is -2.33. The first-order chi connectivity index (χ1) is 13.1. The molecule has 3 rings (SSSR count). The Labute approximate surface area is 163 Å². The molecule has 3 heterocycles. The molecule has 0 unspecified atom stereocenters. The molecule has 0 spiro atoms. The Morgan fingerprint density at radius 1 is 1.25 bits per heavy atom. The molecule has 0 aromatic carbocycles. The molecular weight excluding hydrogens is 382 g/mol. The lowest BCUT2D eigenvalue weighted by molar-refractivity contribution is 0.0972. The van der Waals surface area contributed by atoms with Crippen LogP contribution in [-0.4, -0.2) is 41.8 Å². The summed E-state index contributed by atoms with van der Waals surface area (Å²) in [7, 11) is -2.51. The topological polar surface area (TPSA) is 98.5 Å². The van der Waals surface area contributed by atoms with Crippen molar-refractivity contribution in [2.75, 3.05) is 13.6 Å². The summed E-state index contributed by atoms with van der Waals surface area (Å²) >= 11 is 0. The number of carbonyl (C=O) groups is 1. The van der Waals surface area contributed by atoms with E-state index in [4.69, 9.17) is 8.94 Å². The van der Waals surface area contributed by atoms with Crippen LogP contribution in [0, 0.1) is 27.7 Å². The van der Waals surface area contributed by atoms with Crippen molar-refractivity contribution >= 4 is 15.8 Å². The van der Waals surface area contributed by atoms with Crippen LogP contribution in [0.25, 0.3) is 0 Å². The summed E-state index contributed by atoms with van der Waals surface area (Å²) in [6, 6.07) is 5.45. The Bertz CT molecular complexity index is 1090. The summed E-state index contributed by atoms with van der Waals surface area (Å²) < 4.78 is 39.0. The van der Waals surface area contributed by atoms with Crippen molar-refractivity contribution in [2.45, 2.75) is 39.1 Å². The van der Waals surface area contributed by atoms with Gasteiger partial charge >= 0.3 is 0 Å². The summed E-state index contributed by atoms with van der Waals surface area (Å²) in [6.45, 7) is 7.05. The van der Waals surface area contributed by atoms with Crippen molar-refractivity contribution < 1.29 is 22.2 Å². The lowest BCUT2D eigenvalue weighted by Gasteiger charge is -2.16. The molecule has 9 heteroatoms. The smallest absolute Gasteiger partial charge is 0.248 e. The maximum absolute atomic E-state index is 12.8. The number of carbonyl (C=O) groups excluding carboxylic acids is 1. The summed E-state index contributed by atoms with van der Waals surface area (Å²) in [5, 5.41) is 3.69. The second kappa shape index (κ2) is 7.40. The van der Waals surface area contributed by atoms with E-state index in [0.29, 0.717) is 12.1 Å². The van der Waals surface area contributed by atoms with Crippen molar-refractivity contribution in [2.24, 2.45) is 0 Å². The number of rotatable bonds is 7. The van der Waals surface area contributed by atoms with Crippen molar-refractivity contribution in [1.29, 1.82) is 0 Å². The minimum atomic E-state index is -3.88. The number of ketones is 1. The molecule has 8 nitrogen and oxygen atoms in total. The van der Waals surface area contributed by atoms with Crippen LogP contribution in [0.2, 0.25) is 0 Å². The summed E-state index contributed by atoms with van der Waals surface area (Å²) in [5.41, 5.74) is 2.42. The molecule has 0 aliphatic heterocycles. The first-order valence-electron chi connectivity index (χ1n) is 8.74. The Balaban J connectivity index is 1.83. The van der Waals surface area contributed by atoms with Gasteiger partial charge in [-0.1, -0.05) is 5.16 Å². The molecule has 0 atom stereocenters. The van der Waals surface area contributed by atoms with Crippen LogP contribution in [0.1, 0.15) is 39.0 Å². The minimum Gasteiger partial charge on any atom is -0.467 e. The largest absolute Gasteiger partial charge is 0.467 e. The van der Waals surface area contributed by atoms with Gasteiger partial charge < -0.3 is 13.5 Å². The summed E-state index contributed by atoms with van der Waals surface area (Å²) in [4.78, 5) is 12.9. The number of hydrogen-bond acceptors (Lipinski definition) is 6. The van der Waals surface area contributed by atoms with Crippen LogP contribution < -0.4 is 0 Å². The average molecular weight is 405 g/mol. The second-order valence-corrected chi connectivity index (χ2v) is 8.77. The van der Waals surface area contributed by atoms with Gasteiger partial charge in [0.05, 0.1) is 19.4 Å². The number of likely N-dealkylation sites (N-methyl/N-ethyl adjacent to an activating group) is 1. The fraction of sp³-hybridized carbons (Fsp3) is 0.368. The zero-order chi connectivity index (χ0) is 20.6. The Kier molecular flexibility index (Phi) is 5.31. The van der Waals surface area contributed by atoms with Crippen LogP contribution >= 0.6 is 0 Å².